The molecule has 6 nitrogen and oxygen atoms in total. The van der Waals surface area contributed by atoms with Crippen molar-refractivity contribution in [2.24, 2.45) is 0 Å². The lowest BCUT2D eigenvalue weighted by Gasteiger charge is -2.13. The molecule has 142 valence electrons. The molecule has 2 N–H and O–H groups in total. The zero-order valence-electron chi connectivity index (χ0n) is 15.8. The van der Waals surface area contributed by atoms with Crippen LogP contribution in [0.4, 0.5) is 15.9 Å². The van der Waals surface area contributed by atoms with Gasteiger partial charge in [0.2, 0.25) is 0 Å². The van der Waals surface area contributed by atoms with Crippen molar-refractivity contribution in [3.63, 3.8) is 0 Å². The fraction of sp³-hybridized carbons (Fsp3) is 0.190. The molecule has 0 aliphatic heterocycles. The summed E-state index contributed by atoms with van der Waals surface area (Å²) in [6, 6.07) is 14.4. The first-order chi connectivity index (χ1) is 13.6. The van der Waals surface area contributed by atoms with Crippen molar-refractivity contribution in [2.75, 3.05) is 26.0 Å². The normalized spacial score (nSPS) is 11.3. The second-order valence-corrected chi connectivity index (χ2v) is 6.86. The van der Waals surface area contributed by atoms with Crippen molar-refractivity contribution in [3.05, 3.63) is 66.2 Å². The molecule has 0 spiro atoms. The predicted molar refractivity (Wildman–Crippen MR) is 109 cm³/mol. The maximum Gasteiger partial charge on any atom is 0.161 e. The van der Waals surface area contributed by atoms with Crippen LogP contribution in [0.1, 0.15) is 5.56 Å². The Morgan fingerprint density at radius 2 is 1.82 bits per heavy atom. The highest BCUT2D eigenvalue weighted by Gasteiger charge is 2.17. The maximum atomic E-state index is 13.2. The van der Waals surface area contributed by atoms with E-state index in [1.807, 2.05) is 12.1 Å². The Bertz CT molecular complexity index is 1090. The minimum absolute atomic E-state index is 0.280. The van der Waals surface area contributed by atoms with E-state index in [0.29, 0.717) is 11.5 Å². The van der Waals surface area contributed by atoms with E-state index in [0.717, 1.165) is 35.3 Å². The van der Waals surface area contributed by atoms with Crippen LogP contribution < -0.4 is 5.32 Å². The molecule has 0 atom stereocenters. The van der Waals surface area contributed by atoms with Crippen LogP contribution in [0.2, 0.25) is 0 Å². The largest absolute Gasteiger partial charge is 0.339 e. The summed E-state index contributed by atoms with van der Waals surface area (Å²) in [4.78, 5) is 10.9. The summed E-state index contributed by atoms with van der Waals surface area (Å²) in [5.74, 6) is 0.347. The molecule has 2 heterocycles. The smallest absolute Gasteiger partial charge is 0.161 e. The number of aromatic nitrogens is 4. The van der Waals surface area contributed by atoms with Gasteiger partial charge in [-0.05, 0) is 50.3 Å². The number of halogens is 1. The molecule has 28 heavy (non-hydrogen) atoms. The molecule has 0 saturated heterocycles. The van der Waals surface area contributed by atoms with Gasteiger partial charge in [0.1, 0.15) is 23.7 Å². The summed E-state index contributed by atoms with van der Waals surface area (Å²) in [6.45, 7) is 0.941. The van der Waals surface area contributed by atoms with Gasteiger partial charge in [-0.25, -0.2) is 14.4 Å². The standard InChI is InChI=1S/C21H21FN6/c1-28(2)12-11-14-5-3-4-6-17(14)19-18-20(23-13-24-21(18)27-26-19)25-16-9-7-15(22)8-10-16/h3-10,13H,11-12H2,1-2H3,(H2,23,24,25,26,27). The first-order valence-corrected chi connectivity index (χ1v) is 9.06. The summed E-state index contributed by atoms with van der Waals surface area (Å²) >= 11 is 0. The SMILES string of the molecule is CN(C)CCc1ccccc1-c1n[nH]c2ncnc(Nc3ccc(F)cc3)c12. The number of rotatable bonds is 6. The van der Waals surface area contributed by atoms with Crippen LogP contribution >= 0.6 is 0 Å². The number of anilines is 2. The zero-order valence-corrected chi connectivity index (χ0v) is 15.8. The Kier molecular flexibility index (Phi) is 4.99. The van der Waals surface area contributed by atoms with Crippen molar-refractivity contribution in [3.8, 4) is 11.3 Å². The number of nitrogens with zero attached hydrogens (tertiary/aromatic N) is 4. The number of aromatic amines is 1. The van der Waals surface area contributed by atoms with Crippen LogP contribution in [-0.2, 0) is 6.42 Å². The molecule has 2 aromatic carbocycles. The van der Waals surface area contributed by atoms with Gasteiger partial charge in [0.15, 0.2) is 5.65 Å². The molecule has 7 heteroatoms. The number of hydrogen-bond acceptors (Lipinski definition) is 5. The van der Waals surface area contributed by atoms with Gasteiger partial charge in [-0.3, -0.25) is 5.10 Å². The van der Waals surface area contributed by atoms with E-state index in [4.69, 9.17) is 0 Å². The van der Waals surface area contributed by atoms with Gasteiger partial charge in [0, 0.05) is 17.8 Å². The van der Waals surface area contributed by atoms with E-state index in [1.54, 1.807) is 12.1 Å². The third kappa shape index (κ3) is 3.70. The third-order valence-corrected chi connectivity index (χ3v) is 4.57. The van der Waals surface area contributed by atoms with E-state index < -0.39 is 0 Å². The van der Waals surface area contributed by atoms with Crippen LogP contribution in [0, 0.1) is 5.82 Å². The van der Waals surface area contributed by atoms with Gasteiger partial charge in [-0.15, -0.1) is 0 Å². The Labute approximate surface area is 162 Å². The minimum atomic E-state index is -0.280. The number of benzene rings is 2. The summed E-state index contributed by atoms with van der Waals surface area (Å²) in [6.07, 6.45) is 2.39. The Hall–Kier alpha value is -3.32. The van der Waals surface area contributed by atoms with Gasteiger partial charge in [-0.1, -0.05) is 24.3 Å². The topological polar surface area (TPSA) is 69.7 Å². The Morgan fingerprint density at radius 1 is 1.04 bits per heavy atom. The van der Waals surface area contributed by atoms with Gasteiger partial charge >= 0.3 is 0 Å². The summed E-state index contributed by atoms with van der Waals surface area (Å²) in [5.41, 5.74) is 4.45. The number of nitrogens with one attached hydrogen (secondary N) is 2. The number of likely N-dealkylation sites (N-methyl/N-ethyl adjacent to an activating group) is 1. The lowest BCUT2D eigenvalue weighted by Crippen LogP contribution is -2.15. The number of fused-ring (bicyclic) bond motifs is 1. The average Bonchev–Trinajstić information content (AvgIpc) is 3.13. The van der Waals surface area contributed by atoms with Crippen LogP contribution in [0.5, 0.6) is 0 Å². The monoisotopic (exact) mass is 376 g/mol. The van der Waals surface area contributed by atoms with Crippen LogP contribution in [0.3, 0.4) is 0 Å². The van der Waals surface area contributed by atoms with Crippen molar-refractivity contribution in [1.29, 1.82) is 0 Å². The zero-order chi connectivity index (χ0) is 19.5. The lowest BCUT2D eigenvalue weighted by molar-refractivity contribution is 0.414. The fourth-order valence-corrected chi connectivity index (χ4v) is 3.13. The van der Waals surface area contributed by atoms with Gasteiger partial charge in [0.25, 0.3) is 0 Å². The second kappa shape index (κ2) is 7.74. The summed E-state index contributed by atoms with van der Waals surface area (Å²) < 4.78 is 13.2. The molecule has 0 unspecified atom stereocenters. The molecule has 0 fully saturated rings. The average molecular weight is 376 g/mol. The number of H-pyrrole nitrogens is 1. The molecule has 0 amide bonds. The quantitative estimate of drug-likeness (QED) is 0.532. The van der Waals surface area contributed by atoms with E-state index in [2.05, 4.69) is 56.6 Å². The Balaban J connectivity index is 1.78. The van der Waals surface area contributed by atoms with E-state index in [1.165, 1.54) is 24.0 Å². The van der Waals surface area contributed by atoms with Crippen molar-refractivity contribution in [1.82, 2.24) is 25.1 Å². The van der Waals surface area contributed by atoms with Crippen LogP contribution in [-0.4, -0.2) is 45.7 Å². The highest BCUT2D eigenvalue weighted by molar-refractivity contribution is 6.00. The highest BCUT2D eigenvalue weighted by atomic mass is 19.1. The molecule has 0 bridgehead atoms. The molecule has 4 rings (SSSR count). The van der Waals surface area contributed by atoms with Gasteiger partial charge < -0.3 is 10.2 Å². The number of hydrogen-bond donors (Lipinski definition) is 2. The first-order valence-electron chi connectivity index (χ1n) is 9.06. The van der Waals surface area contributed by atoms with Crippen molar-refractivity contribution < 1.29 is 4.39 Å². The molecule has 0 radical (unpaired) electrons. The highest BCUT2D eigenvalue weighted by Crippen LogP contribution is 2.33. The lowest BCUT2D eigenvalue weighted by atomic mass is 10.00. The molecule has 4 aromatic rings. The molecular formula is C21H21FN6. The fourth-order valence-electron chi connectivity index (χ4n) is 3.13. The Morgan fingerprint density at radius 3 is 2.61 bits per heavy atom. The second-order valence-electron chi connectivity index (χ2n) is 6.86. The molecule has 2 aromatic heterocycles. The van der Waals surface area contributed by atoms with E-state index in [9.17, 15) is 4.39 Å². The third-order valence-electron chi connectivity index (χ3n) is 4.57. The van der Waals surface area contributed by atoms with E-state index in [-0.39, 0.29) is 5.82 Å². The first kappa shape index (κ1) is 18.1. The van der Waals surface area contributed by atoms with Crippen LogP contribution in [0.15, 0.2) is 54.9 Å². The summed E-state index contributed by atoms with van der Waals surface area (Å²) in [7, 11) is 4.12. The van der Waals surface area contributed by atoms with E-state index >= 15 is 0 Å². The molecule has 0 saturated carbocycles. The van der Waals surface area contributed by atoms with Crippen molar-refractivity contribution >= 4 is 22.5 Å². The predicted octanol–water partition coefficient (Wildman–Crippen LogP) is 4.01. The van der Waals surface area contributed by atoms with Gasteiger partial charge in [-0.2, -0.15) is 5.10 Å². The van der Waals surface area contributed by atoms with Crippen molar-refractivity contribution in [2.45, 2.75) is 6.42 Å². The minimum Gasteiger partial charge on any atom is -0.339 e. The molecular weight excluding hydrogens is 355 g/mol. The molecule has 0 aliphatic carbocycles. The maximum absolute atomic E-state index is 13.2. The van der Waals surface area contributed by atoms with Crippen LogP contribution in [0.25, 0.3) is 22.3 Å². The summed E-state index contributed by atoms with van der Waals surface area (Å²) in [5, 5.41) is 11.6. The van der Waals surface area contributed by atoms with Gasteiger partial charge in [0.05, 0.1) is 5.39 Å². The molecule has 0 aliphatic rings.